The van der Waals surface area contributed by atoms with Crippen LogP contribution in [0.15, 0.2) is 35.5 Å². The first kappa shape index (κ1) is 16.2. The molecule has 1 heterocycles. The van der Waals surface area contributed by atoms with E-state index in [-0.39, 0.29) is 0 Å². The highest BCUT2D eigenvalue weighted by Gasteiger charge is 2.33. The minimum Gasteiger partial charge on any atom is -0.389 e. The van der Waals surface area contributed by atoms with E-state index in [9.17, 15) is 5.11 Å². The zero-order valence-electron chi connectivity index (χ0n) is 14.0. The monoisotopic (exact) mass is 343 g/mol. The van der Waals surface area contributed by atoms with E-state index < -0.39 is 5.60 Å². The van der Waals surface area contributed by atoms with Gasteiger partial charge in [-0.25, -0.2) is 0 Å². The fourth-order valence-corrected chi connectivity index (χ4v) is 4.62. The molecule has 1 N–H and O–H groups in total. The van der Waals surface area contributed by atoms with E-state index in [0.717, 1.165) is 49.0 Å². The normalized spacial score (nSPS) is 20.2. The summed E-state index contributed by atoms with van der Waals surface area (Å²) in [4.78, 5) is 0. The van der Waals surface area contributed by atoms with E-state index in [1.807, 2.05) is 6.07 Å². The molecule has 24 heavy (non-hydrogen) atoms. The van der Waals surface area contributed by atoms with Crippen molar-refractivity contribution >= 4 is 11.8 Å². The maximum atomic E-state index is 10.8. The third-order valence-electron chi connectivity index (χ3n) is 5.13. The fraction of sp³-hybridized carbons (Fsp3) is 0.579. The Bertz CT molecular complexity index is 675. The van der Waals surface area contributed by atoms with Gasteiger partial charge in [0.25, 0.3) is 0 Å². The van der Waals surface area contributed by atoms with Gasteiger partial charge in [-0.05, 0) is 31.2 Å². The lowest BCUT2D eigenvalue weighted by atomic mass is 9.86. The minimum absolute atomic E-state index is 0.522. The van der Waals surface area contributed by atoms with Crippen LogP contribution in [0.25, 0.3) is 0 Å². The van der Waals surface area contributed by atoms with Crippen LogP contribution in [-0.2, 0) is 6.54 Å². The summed E-state index contributed by atoms with van der Waals surface area (Å²) in [5, 5.41) is 20.6. The highest BCUT2D eigenvalue weighted by atomic mass is 32.2. The first-order valence-corrected chi connectivity index (χ1v) is 10.0. The minimum atomic E-state index is -0.522. The summed E-state index contributed by atoms with van der Waals surface area (Å²) in [6.07, 6.45) is 7.82. The largest absolute Gasteiger partial charge is 0.389 e. The standard InChI is InChI=1S/C19H25N3OS/c23-19(11-5-2-6-12-19)14-24-18-21-20-17(16-9-10-16)22(18)13-15-7-3-1-4-8-15/h1,3-4,7-8,16,23H,2,5-6,9-14H2. The first-order chi connectivity index (χ1) is 11.7. The molecule has 128 valence electrons. The van der Waals surface area contributed by atoms with Crippen LogP contribution >= 0.6 is 11.8 Å². The van der Waals surface area contributed by atoms with Gasteiger partial charge in [0.15, 0.2) is 5.16 Å². The van der Waals surface area contributed by atoms with Gasteiger partial charge in [0.1, 0.15) is 5.82 Å². The summed E-state index contributed by atoms with van der Waals surface area (Å²) in [5.74, 6) is 2.43. The zero-order valence-corrected chi connectivity index (χ0v) is 14.8. The number of aromatic nitrogens is 3. The molecule has 2 aliphatic carbocycles. The van der Waals surface area contributed by atoms with Crippen LogP contribution in [0.3, 0.4) is 0 Å². The molecule has 0 radical (unpaired) electrons. The van der Waals surface area contributed by atoms with Crippen LogP contribution < -0.4 is 0 Å². The van der Waals surface area contributed by atoms with E-state index in [1.165, 1.54) is 24.8 Å². The average Bonchev–Trinajstić information content (AvgIpc) is 3.37. The number of aliphatic hydroxyl groups is 1. The quantitative estimate of drug-likeness (QED) is 0.806. The summed E-state index contributed by atoms with van der Waals surface area (Å²) < 4.78 is 2.27. The Balaban J connectivity index is 1.52. The van der Waals surface area contributed by atoms with Gasteiger partial charge in [-0.3, -0.25) is 0 Å². The molecule has 0 bridgehead atoms. The van der Waals surface area contributed by atoms with E-state index in [1.54, 1.807) is 11.8 Å². The van der Waals surface area contributed by atoms with Crippen LogP contribution in [0.5, 0.6) is 0 Å². The number of benzene rings is 1. The predicted octanol–water partition coefficient (Wildman–Crippen LogP) is 3.99. The van der Waals surface area contributed by atoms with Gasteiger partial charge in [-0.1, -0.05) is 61.4 Å². The molecule has 0 saturated heterocycles. The molecule has 0 aliphatic heterocycles. The molecule has 1 aromatic carbocycles. The summed E-state index contributed by atoms with van der Waals surface area (Å²) in [6.45, 7) is 0.820. The molecule has 2 aliphatic rings. The number of rotatable bonds is 6. The lowest BCUT2D eigenvalue weighted by Gasteiger charge is -2.31. The molecular formula is C19H25N3OS. The number of nitrogens with zero attached hydrogens (tertiary/aromatic N) is 3. The lowest BCUT2D eigenvalue weighted by Crippen LogP contribution is -2.34. The third kappa shape index (κ3) is 3.67. The average molecular weight is 343 g/mol. The van der Waals surface area contributed by atoms with Crippen molar-refractivity contribution in [2.75, 3.05) is 5.75 Å². The van der Waals surface area contributed by atoms with Crippen LogP contribution in [0, 0.1) is 0 Å². The summed E-state index contributed by atoms with van der Waals surface area (Å²) in [7, 11) is 0. The van der Waals surface area contributed by atoms with Crippen LogP contribution in [0.4, 0.5) is 0 Å². The van der Waals surface area contributed by atoms with Crippen LogP contribution in [0.1, 0.15) is 62.3 Å². The maximum Gasteiger partial charge on any atom is 0.191 e. The van der Waals surface area contributed by atoms with Crippen molar-refractivity contribution in [3.05, 3.63) is 41.7 Å². The third-order valence-corrected chi connectivity index (χ3v) is 6.37. The maximum absolute atomic E-state index is 10.8. The summed E-state index contributed by atoms with van der Waals surface area (Å²) >= 11 is 1.68. The van der Waals surface area contributed by atoms with Gasteiger partial charge >= 0.3 is 0 Å². The predicted molar refractivity (Wildman–Crippen MR) is 96.3 cm³/mol. The number of hydrogen-bond donors (Lipinski definition) is 1. The van der Waals surface area contributed by atoms with Gasteiger partial charge in [0.05, 0.1) is 12.1 Å². The molecule has 4 rings (SSSR count). The molecule has 0 amide bonds. The summed E-state index contributed by atoms with van der Waals surface area (Å²) in [5.41, 5.74) is 0.754. The zero-order chi connectivity index (χ0) is 16.4. The van der Waals surface area contributed by atoms with Crippen molar-refractivity contribution < 1.29 is 5.11 Å². The molecule has 2 aromatic rings. The SMILES string of the molecule is OC1(CSc2nnc(C3CC3)n2Cc2ccccc2)CCCCC1. The van der Waals surface area contributed by atoms with Crippen LogP contribution in [-0.4, -0.2) is 31.2 Å². The Labute approximate surface area is 147 Å². The number of thioether (sulfide) groups is 1. The van der Waals surface area contributed by atoms with E-state index >= 15 is 0 Å². The Morgan fingerprint density at radius 2 is 1.83 bits per heavy atom. The number of hydrogen-bond acceptors (Lipinski definition) is 4. The molecular weight excluding hydrogens is 318 g/mol. The van der Waals surface area contributed by atoms with Crippen molar-refractivity contribution in [3.63, 3.8) is 0 Å². The van der Waals surface area contributed by atoms with E-state index in [4.69, 9.17) is 0 Å². The van der Waals surface area contributed by atoms with Crippen molar-refractivity contribution in [1.29, 1.82) is 0 Å². The highest BCUT2D eigenvalue weighted by molar-refractivity contribution is 7.99. The van der Waals surface area contributed by atoms with Crippen LogP contribution in [0.2, 0.25) is 0 Å². The van der Waals surface area contributed by atoms with Gasteiger partial charge in [0.2, 0.25) is 0 Å². The Morgan fingerprint density at radius 3 is 2.54 bits per heavy atom. The Morgan fingerprint density at radius 1 is 1.08 bits per heavy atom. The molecule has 0 atom stereocenters. The second-order valence-corrected chi connectivity index (χ2v) is 8.20. The highest BCUT2D eigenvalue weighted by Crippen LogP contribution is 2.41. The molecule has 0 unspecified atom stereocenters. The smallest absolute Gasteiger partial charge is 0.191 e. The fourth-order valence-electron chi connectivity index (χ4n) is 3.52. The van der Waals surface area contributed by atoms with Gasteiger partial charge in [0, 0.05) is 11.7 Å². The second kappa shape index (κ2) is 6.89. The van der Waals surface area contributed by atoms with Crippen molar-refractivity contribution in [2.45, 2.75) is 68.2 Å². The topological polar surface area (TPSA) is 50.9 Å². The first-order valence-electron chi connectivity index (χ1n) is 9.06. The Hall–Kier alpha value is -1.33. The van der Waals surface area contributed by atoms with Gasteiger partial charge in [-0.15, -0.1) is 10.2 Å². The van der Waals surface area contributed by atoms with Crippen molar-refractivity contribution in [2.24, 2.45) is 0 Å². The molecule has 5 heteroatoms. The van der Waals surface area contributed by atoms with Gasteiger partial charge < -0.3 is 9.67 Å². The lowest BCUT2D eigenvalue weighted by molar-refractivity contribution is 0.0272. The molecule has 2 saturated carbocycles. The Kier molecular flexibility index (Phi) is 4.63. The second-order valence-electron chi connectivity index (χ2n) is 7.26. The van der Waals surface area contributed by atoms with E-state index in [2.05, 4.69) is 39.0 Å². The molecule has 2 fully saturated rings. The summed E-state index contributed by atoms with van der Waals surface area (Å²) in [6, 6.07) is 10.5. The molecule has 4 nitrogen and oxygen atoms in total. The van der Waals surface area contributed by atoms with Crippen molar-refractivity contribution in [3.8, 4) is 0 Å². The van der Waals surface area contributed by atoms with Gasteiger partial charge in [-0.2, -0.15) is 0 Å². The molecule has 1 aromatic heterocycles. The van der Waals surface area contributed by atoms with Crippen molar-refractivity contribution in [1.82, 2.24) is 14.8 Å². The molecule has 0 spiro atoms. The van der Waals surface area contributed by atoms with E-state index in [0.29, 0.717) is 5.92 Å².